The number of nitrogens with zero attached hydrogens (tertiary/aromatic N) is 5. The van der Waals surface area contributed by atoms with Crippen LogP contribution in [0.5, 0.6) is 11.8 Å². The first-order valence-corrected chi connectivity index (χ1v) is 12.4. The molecule has 1 aliphatic heterocycles. The molecule has 1 atom stereocenters. The molecular formula is C25H35FN6O2. The molecule has 34 heavy (non-hydrogen) atoms. The molecule has 4 fully saturated rings. The highest BCUT2D eigenvalue weighted by Gasteiger charge is 2.37. The van der Waals surface area contributed by atoms with Crippen molar-refractivity contribution >= 4 is 17.6 Å². The summed E-state index contributed by atoms with van der Waals surface area (Å²) in [6.07, 6.45) is 8.38. The van der Waals surface area contributed by atoms with Crippen LogP contribution in [0.1, 0.15) is 44.9 Å². The van der Waals surface area contributed by atoms with Crippen molar-refractivity contribution < 1.29 is 13.9 Å². The fraction of sp³-hybridized carbons (Fsp3) is 0.640. The van der Waals surface area contributed by atoms with E-state index in [1.807, 2.05) is 7.05 Å². The standard InChI is InChI=1S/C25H35FN6O2/c1-31-12-10-19(11-13-31)32(2)24-28-23(27-18-8-9-21(33-3)20(26)15-18)29-25(30-24)34-22-14-16-4-6-17(22)7-5-16/h8-9,15-17,19,22H,4-7,10-14H2,1-3H3,(H,27,28,29,30). The molecule has 1 N–H and O–H groups in total. The summed E-state index contributed by atoms with van der Waals surface area (Å²) >= 11 is 0. The first kappa shape index (κ1) is 23.1. The van der Waals surface area contributed by atoms with E-state index in [-0.39, 0.29) is 11.9 Å². The van der Waals surface area contributed by atoms with Gasteiger partial charge >= 0.3 is 6.01 Å². The monoisotopic (exact) mass is 470 g/mol. The molecule has 0 amide bonds. The van der Waals surface area contributed by atoms with Gasteiger partial charge in [-0.15, -0.1) is 0 Å². The minimum Gasteiger partial charge on any atom is -0.494 e. The summed E-state index contributed by atoms with van der Waals surface area (Å²) in [5.74, 6) is 2.00. The van der Waals surface area contributed by atoms with Gasteiger partial charge in [-0.2, -0.15) is 15.0 Å². The Bertz CT molecular complexity index is 991. The van der Waals surface area contributed by atoms with Crippen LogP contribution in [0.3, 0.4) is 0 Å². The fourth-order valence-electron chi connectivity index (χ4n) is 5.63. The van der Waals surface area contributed by atoms with Crippen molar-refractivity contribution in [2.45, 2.75) is 57.1 Å². The molecular weight excluding hydrogens is 435 g/mol. The van der Waals surface area contributed by atoms with E-state index >= 15 is 0 Å². The van der Waals surface area contributed by atoms with Crippen molar-refractivity contribution in [2.75, 3.05) is 44.5 Å². The molecule has 4 aliphatic rings. The number of rotatable bonds is 7. The highest BCUT2D eigenvalue weighted by Crippen LogP contribution is 2.42. The van der Waals surface area contributed by atoms with E-state index in [0.717, 1.165) is 38.3 Å². The molecule has 2 heterocycles. The maximum Gasteiger partial charge on any atom is 0.323 e. The Morgan fingerprint density at radius 3 is 2.47 bits per heavy atom. The van der Waals surface area contributed by atoms with Gasteiger partial charge in [0.15, 0.2) is 11.6 Å². The normalized spacial score (nSPS) is 25.2. The zero-order valence-electron chi connectivity index (χ0n) is 20.3. The molecule has 184 valence electrons. The van der Waals surface area contributed by atoms with Crippen LogP contribution in [-0.2, 0) is 0 Å². The summed E-state index contributed by atoms with van der Waals surface area (Å²) in [7, 11) is 5.64. The summed E-state index contributed by atoms with van der Waals surface area (Å²) in [6.45, 7) is 2.09. The van der Waals surface area contributed by atoms with Crippen LogP contribution < -0.4 is 19.7 Å². The number of anilines is 3. The molecule has 2 bridgehead atoms. The van der Waals surface area contributed by atoms with E-state index in [0.29, 0.717) is 35.6 Å². The third-order valence-corrected chi connectivity index (χ3v) is 7.80. The van der Waals surface area contributed by atoms with Gasteiger partial charge < -0.3 is 24.6 Å². The number of halogens is 1. The smallest absolute Gasteiger partial charge is 0.323 e. The van der Waals surface area contributed by atoms with Crippen molar-refractivity contribution in [1.82, 2.24) is 19.9 Å². The Labute approximate surface area is 200 Å². The molecule has 0 radical (unpaired) electrons. The molecule has 0 spiro atoms. The highest BCUT2D eigenvalue weighted by atomic mass is 19.1. The topological polar surface area (TPSA) is 75.6 Å². The number of nitrogens with one attached hydrogen (secondary N) is 1. The van der Waals surface area contributed by atoms with E-state index in [1.165, 1.54) is 38.9 Å². The molecule has 3 saturated carbocycles. The average Bonchev–Trinajstić information content (AvgIpc) is 2.85. The number of hydrogen-bond donors (Lipinski definition) is 1. The van der Waals surface area contributed by atoms with Crippen molar-refractivity contribution in [1.29, 1.82) is 0 Å². The van der Waals surface area contributed by atoms with Gasteiger partial charge in [0, 0.05) is 24.8 Å². The van der Waals surface area contributed by atoms with Gasteiger partial charge in [0.2, 0.25) is 11.9 Å². The maximum atomic E-state index is 14.3. The van der Waals surface area contributed by atoms with Gasteiger partial charge in [-0.25, -0.2) is 4.39 Å². The molecule has 1 aromatic heterocycles. The number of likely N-dealkylation sites (tertiary alicyclic amines) is 1. The summed E-state index contributed by atoms with van der Waals surface area (Å²) in [5, 5.41) is 3.14. The molecule has 3 aliphatic carbocycles. The summed E-state index contributed by atoms with van der Waals surface area (Å²) in [4.78, 5) is 18.5. The Balaban J connectivity index is 1.40. The van der Waals surface area contributed by atoms with Crippen molar-refractivity contribution in [3.8, 4) is 11.8 Å². The first-order valence-electron chi connectivity index (χ1n) is 12.4. The van der Waals surface area contributed by atoms with E-state index in [9.17, 15) is 4.39 Å². The van der Waals surface area contributed by atoms with E-state index in [2.05, 4.69) is 32.1 Å². The highest BCUT2D eigenvalue weighted by molar-refractivity contribution is 5.56. The second-order valence-electron chi connectivity index (χ2n) is 10.0. The average molecular weight is 471 g/mol. The van der Waals surface area contributed by atoms with Gasteiger partial charge in [0.05, 0.1) is 7.11 Å². The lowest BCUT2D eigenvalue weighted by Crippen LogP contribution is -2.43. The van der Waals surface area contributed by atoms with Gasteiger partial charge in [0.1, 0.15) is 6.10 Å². The molecule has 1 unspecified atom stereocenters. The molecule has 2 aromatic rings. The summed E-state index contributed by atoms with van der Waals surface area (Å²) in [5.41, 5.74) is 0.542. The Morgan fingerprint density at radius 2 is 1.82 bits per heavy atom. The molecule has 8 nitrogen and oxygen atoms in total. The number of benzene rings is 1. The molecule has 6 rings (SSSR count). The van der Waals surface area contributed by atoms with Crippen molar-refractivity contribution in [2.24, 2.45) is 11.8 Å². The Kier molecular flexibility index (Phi) is 6.72. The van der Waals surface area contributed by atoms with Crippen LogP contribution >= 0.6 is 0 Å². The third-order valence-electron chi connectivity index (χ3n) is 7.80. The number of methoxy groups -OCH3 is 1. The van der Waals surface area contributed by atoms with Crippen LogP contribution in [0.25, 0.3) is 0 Å². The van der Waals surface area contributed by atoms with Crippen LogP contribution in [0, 0.1) is 17.7 Å². The predicted molar refractivity (Wildman–Crippen MR) is 129 cm³/mol. The molecule has 1 aromatic carbocycles. The second kappa shape index (κ2) is 9.90. The lowest BCUT2D eigenvalue weighted by atomic mass is 9.69. The van der Waals surface area contributed by atoms with Crippen LogP contribution in [-0.4, -0.2) is 66.3 Å². The number of ether oxygens (including phenoxy) is 2. The quantitative estimate of drug-likeness (QED) is 0.644. The first-order chi connectivity index (χ1) is 16.5. The summed E-state index contributed by atoms with van der Waals surface area (Å²) in [6, 6.07) is 5.40. The van der Waals surface area contributed by atoms with Gasteiger partial charge in [-0.1, -0.05) is 0 Å². The lowest BCUT2D eigenvalue weighted by molar-refractivity contribution is 0.0143. The second-order valence-corrected chi connectivity index (χ2v) is 10.0. The SMILES string of the molecule is COc1ccc(Nc2nc(OC3CC4CCC3CC4)nc(N(C)C3CCN(C)CC3)n2)cc1F. The largest absolute Gasteiger partial charge is 0.494 e. The molecule has 1 saturated heterocycles. The number of piperidine rings is 1. The van der Waals surface area contributed by atoms with Gasteiger partial charge in [0.25, 0.3) is 0 Å². The van der Waals surface area contributed by atoms with E-state index < -0.39 is 5.82 Å². The molecule has 9 heteroatoms. The van der Waals surface area contributed by atoms with Gasteiger partial charge in [-0.3, -0.25) is 0 Å². The number of fused-ring (bicyclic) bond motifs is 3. The predicted octanol–water partition coefficient (Wildman–Crippen LogP) is 4.25. The van der Waals surface area contributed by atoms with E-state index in [1.54, 1.807) is 12.1 Å². The van der Waals surface area contributed by atoms with Crippen LogP contribution in [0.2, 0.25) is 0 Å². The van der Waals surface area contributed by atoms with Crippen LogP contribution in [0.15, 0.2) is 18.2 Å². The van der Waals surface area contributed by atoms with E-state index in [4.69, 9.17) is 14.5 Å². The summed E-state index contributed by atoms with van der Waals surface area (Å²) < 4.78 is 25.7. The Hall–Kier alpha value is -2.68. The number of aromatic nitrogens is 3. The minimum absolute atomic E-state index is 0.155. The van der Waals surface area contributed by atoms with Crippen LogP contribution in [0.4, 0.5) is 22.0 Å². The number of hydrogen-bond acceptors (Lipinski definition) is 8. The van der Waals surface area contributed by atoms with Crippen molar-refractivity contribution in [3.63, 3.8) is 0 Å². The third kappa shape index (κ3) is 5.04. The zero-order valence-corrected chi connectivity index (χ0v) is 20.3. The Morgan fingerprint density at radius 1 is 1.06 bits per heavy atom. The van der Waals surface area contributed by atoms with Crippen molar-refractivity contribution in [3.05, 3.63) is 24.0 Å². The fourth-order valence-corrected chi connectivity index (χ4v) is 5.63. The minimum atomic E-state index is -0.445. The maximum absolute atomic E-state index is 14.3. The lowest BCUT2D eigenvalue weighted by Gasteiger charge is -2.41. The van der Waals surface area contributed by atoms with Gasteiger partial charge in [-0.05, 0) is 89.1 Å². The zero-order chi connectivity index (χ0) is 23.7.